The first kappa shape index (κ1) is 43.2. The number of aromatic nitrogens is 7. The van der Waals surface area contributed by atoms with Crippen LogP contribution in [0.25, 0.3) is 28.1 Å². The molecule has 2 fully saturated rings. The Balaban J connectivity index is 1.06. The molecule has 4 aliphatic rings. The van der Waals surface area contributed by atoms with E-state index < -0.39 is 38.6 Å². The highest BCUT2D eigenvalue weighted by molar-refractivity contribution is 7.93. The van der Waals surface area contributed by atoms with Crippen molar-refractivity contribution >= 4 is 26.5 Å². The quantitative estimate of drug-likeness (QED) is 0.172. The summed E-state index contributed by atoms with van der Waals surface area (Å²) in [5.41, 5.74) is 3.58. The number of amides is 1. The Morgan fingerprint density at radius 3 is 2.40 bits per heavy atom. The molecule has 3 aliphatic heterocycles. The summed E-state index contributed by atoms with van der Waals surface area (Å²) >= 11 is 0. The van der Waals surface area contributed by atoms with E-state index in [1.165, 1.54) is 33.9 Å². The summed E-state index contributed by atoms with van der Waals surface area (Å²) in [5.74, 6) is -1.18. The smallest absolute Gasteiger partial charge is 0.380 e. The lowest BCUT2D eigenvalue weighted by atomic mass is 9.79. The van der Waals surface area contributed by atoms with E-state index in [2.05, 4.69) is 47.4 Å². The first-order chi connectivity index (χ1) is 31.9. The number of hydrogen-bond donors (Lipinski definition) is 1. The molecule has 0 unspecified atom stereocenters. The lowest BCUT2D eigenvalue weighted by Crippen LogP contribution is -2.41. The van der Waals surface area contributed by atoms with Gasteiger partial charge in [0.15, 0.2) is 11.6 Å². The number of ether oxygens (including phenoxy) is 1. The van der Waals surface area contributed by atoms with Gasteiger partial charge in [0.1, 0.15) is 22.9 Å². The Hall–Kier alpha value is -6.40. The topological polar surface area (TPSA) is 168 Å². The SMILES string of the molecule is Cc1cc(-n2nc3c(c2-n2ccn(-c4ccc5c(c4F)CCN=[S@@]5(C)=O)c2=O)[C@H](C)N(C(=O)c2cc4cc([C@H]5COCC(C)(C)C5)ccc4n2[C@@]2(c4noc(=O)[nH]4)C[C@@H]2C)CC3)cc(C)c1F. The van der Waals surface area contributed by atoms with Gasteiger partial charge < -0.3 is 14.2 Å². The second-order valence-electron chi connectivity index (χ2n) is 19.8. The van der Waals surface area contributed by atoms with Gasteiger partial charge in [0.05, 0.1) is 57.5 Å². The number of carbonyl (C=O) groups excluding carboxylic acids is 1. The van der Waals surface area contributed by atoms with Crippen LogP contribution in [0.2, 0.25) is 0 Å². The highest BCUT2D eigenvalue weighted by Crippen LogP contribution is 2.56. The zero-order valence-electron chi connectivity index (χ0n) is 38.4. The highest BCUT2D eigenvalue weighted by Gasteiger charge is 2.59. The molecule has 348 valence electrons. The molecule has 1 aliphatic carbocycles. The van der Waals surface area contributed by atoms with Crippen LogP contribution in [0.15, 0.2) is 84.3 Å². The van der Waals surface area contributed by atoms with Gasteiger partial charge in [-0.3, -0.25) is 23.4 Å². The fourth-order valence-corrected chi connectivity index (χ4v) is 12.7. The number of carbonyl (C=O) groups is 1. The van der Waals surface area contributed by atoms with Crippen molar-refractivity contribution in [2.75, 3.05) is 32.6 Å². The van der Waals surface area contributed by atoms with Gasteiger partial charge >= 0.3 is 11.4 Å². The zero-order chi connectivity index (χ0) is 47.1. The highest BCUT2D eigenvalue weighted by atomic mass is 32.2. The Morgan fingerprint density at radius 1 is 0.955 bits per heavy atom. The van der Waals surface area contributed by atoms with Gasteiger partial charge in [-0.2, -0.15) is 5.10 Å². The van der Waals surface area contributed by atoms with Crippen molar-refractivity contribution < 1.29 is 27.0 Å². The van der Waals surface area contributed by atoms with E-state index in [0.29, 0.717) is 76.4 Å². The Labute approximate surface area is 384 Å². The predicted octanol–water partition coefficient (Wildman–Crippen LogP) is 7.43. The van der Waals surface area contributed by atoms with Crippen molar-refractivity contribution in [3.05, 3.63) is 139 Å². The number of aryl methyl sites for hydroxylation is 2. The lowest BCUT2D eigenvalue weighted by molar-refractivity contribution is -0.00187. The standard InChI is InChI=1S/C49H51F2N9O6S/c1-26-18-33(19-27(2)41(26)50)60-43(58-17-16-57(47(58)63)37-10-11-39-34(42(37)51)12-14-52-67(39,7)64)40-29(4)56(15-13-35(40)54-60)44(61)38-21-31-20-30(32-23-48(5,6)25-65-24-32)8-9-36(31)59(38)49(22-28(49)3)45-53-46(62)66-55-45/h8-11,16-21,28-29,32H,12-15,22-25H2,1-7H3,(H,53,55,62)/t28-,29-,32+,49-,67-/m0/s1. The molecule has 3 aromatic carbocycles. The number of aromatic amines is 1. The minimum Gasteiger partial charge on any atom is -0.380 e. The Kier molecular flexibility index (Phi) is 9.70. The minimum atomic E-state index is -2.80. The van der Waals surface area contributed by atoms with Crippen molar-refractivity contribution in [3.8, 4) is 17.2 Å². The molecule has 1 N–H and O–H groups in total. The fraction of sp³-hybridized carbons (Fsp3) is 0.408. The van der Waals surface area contributed by atoms with Crippen LogP contribution in [-0.4, -0.2) is 81.2 Å². The summed E-state index contributed by atoms with van der Waals surface area (Å²) in [7, 11) is -2.80. The van der Waals surface area contributed by atoms with Crippen LogP contribution in [-0.2, 0) is 32.8 Å². The number of hydrogen-bond acceptors (Lipinski definition) is 9. The lowest BCUT2D eigenvalue weighted by Gasteiger charge is -2.35. The van der Waals surface area contributed by atoms with Crippen molar-refractivity contribution in [1.82, 2.24) is 38.5 Å². The van der Waals surface area contributed by atoms with Crippen molar-refractivity contribution in [3.63, 3.8) is 0 Å². The maximum absolute atomic E-state index is 16.4. The van der Waals surface area contributed by atoms with Crippen LogP contribution in [0.1, 0.15) is 102 Å². The zero-order valence-corrected chi connectivity index (χ0v) is 39.2. The molecular formula is C49H51F2N9O6S. The van der Waals surface area contributed by atoms with E-state index in [9.17, 15) is 13.8 Å². The van der Waals surface area contributed by atoms with Gasteiger partial charge in [0.2, 0.25) is 0 Å². The number of halogens is 2. The van der Waals surface area contributed by atoms with E-state index in [4.69, 9.17) is 14.4 Å². The molecule has 67 heavy (non-hydrogen) atoms. The molecule has 0 spiro atoms. The van der Waals surface area contributed by atoms with E-state index in [1.54, 1.807) is 41.6 Å². The van der Waals surface area contributed by atoms with E-state index in [-0.39, 0.29) is 59.7 Å². The first-order valence-corrected chi connectivity index (χ1v) is 24.6. The summed E-state index contributed by atoms with van der Waals surface area (Å²) < 4.78 is 66.3. The third kappa shape index (κ3) is 6.64. The third-order valence-corrected chi connectivity index (χ3v) is 16.4. The molecule has 11 rings (SSSR count). The van der Waals surface area contributed by atoms with Crippen LogP contribution >= 0.6 is 0 Å². The summed E-state index contributed by atoms with van der Waals surface area (Å²) in [6.45, 7) is 13.4. The van der Waals surface area contributed by atoms with Gasteiger partial charge in [-0.15, -0.1) is 0 Å². The largest absolute Gasteiger partial charge is 0.438 e. The molecule has 1 amide bonds. The van der Waals surface area contributed by atoms with Gasteiger partial charge in [-0.25, -0.2) is 31.6 Å². The molecule has 0 bridgehead atoms. The number of H-pyrrole nitrogens is 1. The molecule has 1 saturated heterocycles. The Bertz CT molecular complexity index is 3470. The number of nitrogens with one attached hydrogen (secondary N) is 1. The molecule has 4 aromatic heterocycles. The fourth-order valence-electron chi connectivity index (χ4n) is 11.1. The van der Waals surface area contributed by atoms with Crippen LogP contribution in [0, 0.1) is 36.8 Å². The molecular weight excluding hydrogens is 881 g/mol. The van der Waals surface area contributed by atoms with E-state index in [0.717, 1.165) is 22.9 Å². The number of fused-ring (bicyclic) bond motifs is 3. The van der Waals surface area contributed by atoms with Gasteiger partial charge in [0.25, 0.3) is 5.91 Å². The first-order valence-electron chi connectivity index (χ1n) is 22.7. The second kappa shape index (κ2) is 15.1. The summed E-state index contributed by atoms with van der Waals surface area (Å²) in [5, 5.41) is 10.1. The molecule has 7 heterocycles. The van der Waals surface area contributed by atoms with E-state index in [1.807, 2.05) is 23.6 Å². The number of imidazole rings is 1. The average molecular weight is 932 g/mol. The van der Waals surface area contributed by atoms with Crippen molar-refractivity contribution in [1.29, 1.82) is 0 Å². The number of rotatable bonds is 7. The monoisotopic (exact) mass is 931 g/mol. The van der Waals surface area contributed by atoms with Gasteiger partial charge in [-0.05, 0) is 111 Å². The normalized spacial score (nSPS) is 24.4. The van der Waals surface area contributed by atoms with Crippen molar-refractivity contribution in [2.45, 2.75) is 89.6 Å². The van der Waals surface area contributed by atoms with Gasteiger partial charge in [0, 0.05) is 59.6 Å². The molecule has 7 aromatic rings. The number of nitrogens with zero attached hydrogens (tertiary/aromatic N) is 8. The molecule has 0 radical (unpaired) electrons. The predicted molar refractivity (Wildman–Crippen MR) is 246 cm³/mol. The summed E-state index contributed by atoms with van der Waals surface area (Å²) in [6, 6.07) is 13.9. The van der Waals surface area contributed by atoms with Gasteiger partial charge in [-0.1, -0.05) is 32.0 Å². The average Bonchev–Trinajstić information content (AvgIpc) is 3.77. The maximum Gasteiger partial charge on any atom is 0.438 e. The molecule has 1 saturated carbocycles. The van der Waals surface area contributed by atoms with Crippen LogP contribution in [0.5, 0.6) is 0 Å². The maximum atomic E-state index is 16.4. The Morgan fingerprint density at radius 2 is 1.70 bits per heavy atom. The second-order valence-corrected chi connectivity index (χ2v) is 22.1. The summed E-state index contributed by atoms with van der Waals surface area (Å²) in [6.07, 6.45) is 6.59. The molecule has 5 atom stereocenters. The van der Waals surface area contributed by atoms with Crippen molar-refractivity contribution in [2.24, 2.45) is 15.7 Å². The van der Waals surface area contributed by atoms with Crippen LogP contribution in [0.3, 0.4) is 0 Å². The van der Waals surface area contributed by atoms with Crippen LogP contribution in [0.4, 0.5) is 8.78 Å². The third-order valence-electron chi connectivity index (χ3n) is 14.6. The molecule has 18 heteroatoms. The van der Waals surface area contributed by atoms with E-state index >= 15 is 13.6 Å². The number of benzene rings is 3. The molecule has 15 nitrogen and oxygen atoms in total. The summed E-state index contributed by atoms with van der Waals surface area (Å²) in [4.78, 5) is 47.7. The minimum absolute atomic E-state index is 0.00514. The van der Waals surface area contributed by atoms with Crippen LogP contribution < -0.4 is 11.4 Å².